The number of hydrogen-bond donors (Lipinski definition) is 3. The van der Waals surface area contributed by atoms with Crippen molar-refractivity contribution in [3.05, 3.63) is 70.3 Å². The summed E-state index contributed by atoms with van der Waals surface area (Å²) in [5.74, 6) is -0.960. The van der Waals surface area contributed by atoms with Gasteiger partial charge in [-0.2, -0.15) is 0 Å². The van der Waals surface area contributed by atoms with E-state index in [1.54, 1.807) is 0 Å². The number of H-pyrrole nitrogens is 1. The Balaban J connectivity index is 1.60. The SMILES string of the molecule is O=C(NCCC1CCCO1)c1cc(=O)[nH]c2ccc(S(=O)(=O)Nc3ccc(F)cc3)cc12. The Morgan fingerprint density at radius 2 is 1.94 bits per heavy atom. The van der Waals surface area contributed by atoms with Gasteiger partial charge in [-0.05, 0) is 61.7 Å². The van der Waals surface area contributed by atoms with Crippen molar-refractivity contribution < 1.29 is 22.3 Å². The smallest absolute Gasteiger partial charge is 0.261 e. The van der Waals surface area contributed by atoms with Crippen LogP contribution in [-0.4, -0.2) is 38.6 Å². The topological polar surface area (TPSA) is 117 Å². The van der Waals surface area contributed by atoms with Crippen LogP contribution in [0.1, 0.15) is 29.6 Å². The van der Waals surface area contributed by atoms with Gasteiger partial charge in [0.05, 0.1) is 16.6 Å². The lowest BCUT2D eigenvalue weighted by Crippen LogP contribution is -2.28. The molecule has 2 aromatic carbocycles. The summed E-state index contributed by atoms with van der Waals surface area (Å²) in [7, 11) is -4.01. The molecule has 1 fully saturated rings. The molecule has 0 radical (unpaired) electrons. The summed E-state index contributed by atoms with van der Waals surface area (Å²) in [6.45, 7) is 1.10. The number of rotatable bonds is 7. The van der Waals surface area contributed by atoms with Gasteiger partial charge in [-0.25, -0.2) is 12.8 Å². The van der Waals surface area contributed by atoms with E-state index in [1.165, 1.54) is 30.3 Å². The fourth-order valence-electron chi connectivity index (χ4n) is 3.63. The maximum atomic E-state index is 13.1. The highest BCUT2D eigenvalue weighted by Crippen LogP contribution is 2.23. The van der Waals surface area contributed by atoms with Crippen LogP contribution in [0.3, 0.4) is 0 Å². The number of sulfonamides is 1. The molecule has 3 N–H and O–H groups in total. The highest BCUT2D eigenvalue weighted by atomic mass is 32.2. The van der Waals surface area contributed by atoms with Crippen LogP contribution in [0.25, 0.3) is 10.9 Å². The number of aromatic nitrogens is 1. The van der Waals surface area contributed by atoms with E-state index in [0.29, 0.717) is 23.9 Å². The molecular formula is C22H22FN3O5S. The molecule has 1 aliphatic heterocycles. The molecule has 10 heteroatoms. The lowest BCUT2D eigenvalue weighted by atomic mass is 10.1. The van der Waals surface area contributed by atoms with E-state index in [2.05, 4.69) is 15.0 Å². The van der Waals surface area contributed by atoms with Crippen molar-refractivity contribution in [2.45, 2.75) is 30.3 Å². The minimum absolute atomic E-state index is 0.0786. The molecule has 1 amide bonds. The molecule has 1 aromatic heterocycles. The Morgan fingerprint density at radius 3 is 2.66 bits per heavy atom. The Morgan fingerprint density at radius 1 is 1.16 bits per heavy atom. The number of benzene rings is 2. The van der Waals surface area contributed by atoms with Gasteiger partial charge in [0.25, 0.3) is 15.9 Å². The first kappa shape index (κ1) is 22.0. The van der Waals surface area contributed by atoms with Gasteiger partial charge in [-0.15, -0.1) is 0 Å². The van der Waals surface area contributed by atoms with E-state index in [1.807, 2.05) is 0 Å². The number of carbonyl (C=O) groups is 1. The van der Waals surface area contributed by atoms with Crippen LogP contribution in [0.5, 0.6) is 0 Å². The van der Waals surface area contributed by atoms with Gasteiger partial charge >= 0.3 is 0 Å². The van der Waals surface area contributed by atoms with E-state index in [4.69, 9.17) is 4.74 Å². The van der Waals surface area contributed by atoms with Crippen molar-refractivity contribution in [3.8, 4) is 0 Å². The van der Waals surface area contributed by atoms with E-state index in [-0.39, 0.29) is 22.3 Å². The summed E-state index contributed by atoms with van der Waals surface area (Å²) in [6.07, 6.45) is 2.72. The van der Waals surface area contributed by atoms with Crippen molar-refractivity contribution in [2.75, 3.05) is 17.9 Å². The molecule has 4 rings (SSSR count). The van der Waals surface area contributed by atoms with Crippen molar-refractivity contribution in [1.29, 1.82) is 0 Å². The third-order valence-electron chi connectivity index (χ3n) is 5.24. The van der Waals surface area contributed by atoms with Gasteiger partial charge in [-0.3, -0.25) is 14.3 Å². The molecule has 0 spiro atoms. The number of hydrogen-bond acceptors (Lipinski definition) is 5. The van der Waals surface area contributed by atoms with Gasteiger partial charge < -0.3 is 15.0 Å². The maximum absolute atomic E-state index is 13.1. The van der Waals surface area contributed by atoms with Crippen molar-refractivity contribution in [3.63, 3.8) is 0 Å². The second kappa shape index (κ2) is 9.09. The fraction of sp³-hybridized carbons (Fsp3) is 0.273. The molecule has 168 valence electrons. The summed E-state index contributed by atoms with van der Waals surface area (Å²) in [5.41, 5.74) is 0.138. The van der Waals surface area contributed by atoms with Crippen LogP contribution in [0.2, 0.25) is 0 Å². The van der Waals surface area contributed by atoms with Gasteiger partial charge in [0.1, 0.15) is 5.82 Å². The first-order chi connectivity index (χ1) is 15.3. The number of carbonyl (C=O) groups excluding carboxylic acids is 1. The van der Waals surface area contributed by atoms with Crippen molar-refractivity contribution >= 4 is 32.5 Å². The number of fused-ring (bicyclic) bond motifs is 1. The molecule has 1 aliphatic rings. The monoisotopic (exact) mass is 459 g/mol. The highest BCUT2D eigenvalue weighted by Gasteiger charge is 2.19. The van der Waals surface area contributed by atoms with Crippen LogP contribution < -0.4 is 15.6 Å². The Labute approximate surface area is 183 Å². The molecule has 1 atom stereocenters. The summed E-state index contributed by atoms with van der Waals surface area (Å²) in [6, 6.07) is 10.1. The number of pyridine rings is 1. The minimum atomic E-state index is -4.01. The van der Waals surface area contributed by atoms with Crippen LogP contribution >= 0.6 is 0 Å². The summed E-state index contributed by atoms with van der Waals surface area (Å²) in [4.78, 5) is 27.3. The number of anilines is 1. The number of halogens is 1. The number of ether oxygens (including phenoxy) is 1. The fourth-order valence-corrected chi connectivity index (χ4v) is 4.72. The normalized spacial score (nSPS) is 16.2. The number of aromatic amines is 1. The average Bonchev–Trinajstić information content (AvgIpc) is 3.27. The number of amides is 1. The minimum Gasteiger partial charge on any atom is -0.378 e. The summed E-state index contributed by atoms with van der Waals surface area (Å²) < 4.78 is 46.6. The Hall–Kier alpha value is -3.24. The number of nitrogens with one attached hydrogen (secondary N) is 3. The van der Waals surface area contributed by atoms with E-state index < -0.39 is 27.3 Å². The molecule has 1 unspecified atom stereocenters. The van der Waals surface area contributed by atoms with Gasteiger partial charge in [0.2, 0.25) is 5.56 Å². The van der Waals surface area contributed by atoms with Crippen molar-refractivity contribution in [1.82, 2.24) is 10.3 Å². The molecule has 1 saturated heterocycles. The van der Waals surface area contributed by atoms with Crippen molar-refractivity contribution in [2.24, 2.45) is 0 Å². The predicted molar refractivity (Wildman–Crippen MR) is 118 cm³/mol. The molecule has 0 aliphatic carbocycles. The van der Waals surface area contributed by atoms with Gasteiger partial charge in [0, 0.05) is 35.8 Å². The van der Waals surface area contributed by atoms with Crippen LogP contribution in [0.15, 0.2) is 58.2 Å². The van der Waals surface area contributed by atoms with E-state index in [0.717, 1.165) is 37.6 Å². The second-order valence-corrected chi connectivity index (χ2v) is 9.23. The molecule has 0 bridgehead atoms. The molecule has 32 heavy (non-hydrogen) atoms. The molecule has 0 saturated carbocycles. The van der Waals surface area contributed by atoms with E-state index in [9.17, 15) is 22.4 Å². The largest absolute Gasteiger partial charge is 0.378 e. The van der Waals surface area contributed by atoms with Gasteiger partial charge in [-0.1, -0.05) is 0 Å². The Bertz CT molecular complexity index is 1300. The predicted octanol–water partition coefficient (Wildman–Crippen LogP) is 2.77. The lowest BCUT2D eigenvalue weighted by molar-refractivity contribution is 0.0908. The van der Waals surface area contributed by atoms with Crippen LogP contribution in [0, 0.1) is 5.82 Å². The summed E-state index contributed by atoms with van der Waals surface area (Å²) in [5, 5.41) is 3.07. The first-order valence-electron chi connectivity index (χ1n) is 10.2. The highest BCUT2D eigenvalue weighted by molar-refractivity contribution is 7.92. The standard InChI is InChI=1S/C22H22FN3O5S/c23-14-3-5-15(6-4-14)26-32(29,30)17-7-8-20-18(12-17)19(13-21(27)25-20)22(28)24-10-9-16-2-1-11-31-16/h3-8,12-13,16,26H,1-2,9-11H2,(H,24,28)(H,25,27). The zero-order valence-electron chi connectivity index (χ0n) is 17.1. The maximum Gasteiger partial charge on any atom is 0.261 e. The average molecular weight is 459 g/mol. The van der Waals surface area contributed by atoms with Gasteiger partial charge in [0.15, 0.2) is 0 Å². The van der Waals surface area contributed by atoms with E-state index >= 15 is 0 Å². The molecule has 2 heterocycles. The zero-order chi connectivity index (χ0) is 22.7. The zero-order valence-corrected chi connectivity index (χ0v) is 17.9. The molecule has 3 aromatic rings. The molecule has 8 nitrogen and oxygen atoms in total. The second-order valence-electron chi connectivity index (χ2n) is 7.55. The quantitative estimate of drug-likeness (QED) is 0.502. The van der Waals surface area contributed by atoms with Crippen LogP contribution in [-0.2, 0) is 14.8 Å². The third-order valence-corrected chi connectivity index (χ3v) is 6.62. The summed E-state index contributed by atoms with van der Waals surface area (Å²) >= 11 is 0. The van der Waals surface area contributed by atoms with Crippen LogP contribution in [0.4, 0.5) is 10.1 Å². The first-order valence-corrected chi connectivity index (χ1v) is 11.7. The third kappa shape index (κ3) is 4.97. The molecular weight excluding hydrogens is 437 g/mol. The lowest BCUT2D eigenvalue weighted by Gasteiger charge is -2.12. The Kier molecular flexibility index (Phi) is 6.24.